The second kappa shape index (κ2) is 6.03. The highest BCUT2D eigenvalue weighted by Crippen LogP contribution is 2.34. The number of fused-ring (bicyclic) bond motifs is 1. The Morgan fingerprint density at radius 3 is 2.75 bits per heavy atom. The van der Waals surface area contributed by atoms with Crippen molar-refractivity contribution in [3.63, 3.8) is 0 Å². The maximum Gasteiger partial charge on any atom is 0.163 e. The van der Waals surface area contributed by atoms with Crippen molar-refractivity contribution in [2.45, 2.75) is 18.5 Å². The number of hydrogen-bond acceptors (Lipinski definition) is 5. The van der Waals surface area contributed by atoms with Crippen LogP contribution in [0.4, 0.5) is 5.82 Å². The molecule has 3 aromatic rings. The van der Waals surface area contributed by atoms with Crippen LogP contribution in [0.25, 0.3) is 11.0 Å². The van der Waals surface area contributed by atoms with E-state index in [-0.39, 0.29) is 12.1 Å². The number of hydrogen-bond donors (Lipinski definition) is 1. The molecule has 2 aromatic heterocycles. The van der Waals surface area contributed by atoms with E-state index in [1.54, 1.807) is 11.0 Å². The molecule has 24 heavy (non-hydrogen) atoms. The lowest BCUT2D eigenvalue weighted by Gasteiger charge is -2.26. The molecule has 0 amide bonds. The average Bonchev–Trinajstić information content (AvgIpc) is 3.13. The summed E-state index contributed by atoms with van der Waals surface area (Å²) in [5, 5.41) is 9.60. The normalized spacial score (nSPS) is 21.5. The van der Waals surface area contributed by atoms with Crippen LogP contribution in [-0.2, 0) is 7.05 Å². The first kappa shape index (κ1) is 15.4. The number of nitrogens with zero attached hydrogens (tertiary/aromatic N) is 5. The number of nitrogens with one attached hydrogen (secondary N) is 1. The molecule has 4 rings (SSSR count). The Bertz CT molecular complexity index is 859. The first-order valence-electron chi connectivity index (χ1n) is 7.98. The number of aromatic nitrogens is 4. The Morgan fingerprint density at radius 1 is 1.17 bits per heavy atom. The quantitative estimate of drug-likeness (QED) is 0.793. The number of anilines is 1. The zero-order chi connectivity index (χ0) is 16.7. The van der Waals surface area contributed by atoms with Gasteiger partial charge in [0.15, 0.2) is 5.65 Å². The molecule has 0 aliphatic carbocycles. The van der Waals surface area contributed by atoms with Gasteiger partial charge in [-0.25, -0.2) is 9.97 Å². The van der Waals surface area contributed by atoms with Crippen molar-refractivity contribution in [1.82, 2.24) is 24.6 Å². The molecule has 0 unspecified atom stereocenters. The summed E-state index contributed by atoms with van der Waals surface area (Å²) in [5.74, 6) is 0.840. The summed E-state index contributed by atoms with van der Waals surface area (Å²) in [6.45, 7) is 1.03. The van der Waals surface area contributed by atoms with Crippen LogP contribution in [0, 0.1) is 0 Å². The molecular weight excluding hydrogens is 324 g/mol. The summed E-state index contributed by atoms with van der Waals surface area (Å²) < 4.78 is 1.76. The van der Waals surface area contributed by atoms with Crippen LogP contribution in [0.1, 0.15) is 18.0 Å². The Labute approximate surface area is 145 Å². The summed E-state index contributed by atoms with van der Waals surface area (Å²) in [6.07, 6.45) is 4.45. The van der Waals surface area contributed by atoms with Gasteiger partial charge in [-0.05, 0) is 31.2 Å². The van der Waals surface area contributed by atoms with E-state index >= 15 is 0 Å². The summed E-state index contributed by atoms with van der Waals surface area (Å²) in [5.41, 5.74) is 2.09. The SMILES string of the molecule is CN1CC[C@H](Nc2ncnc3c2cnn3C)[C@@H]1c1ccc(Cl)cc1. The number of likely N-dealkylation sites (N-methyl/N-ethyl adjacent to an activating group) is 1. The van der Waals surface area contributed by atoms with Gasteiger partial charge in [0, 0.05) is 24.7 Å². The highest BCUT2D eigenvalue weighted by Gasteiger charge is 2.33. The number of halogens is 1. The molecule has 0 spiro atoms. The van der Waals surface area contributed by atoms with E-state index in [9.17, 15) is 0 Å². The van der Waals surface area contributed by atoms with Gasteiger partial charge >= 0.3 is 0 Å². The predicted molar refractivity (Wildman–Crippen MR) is 95.2 cm³/mol. The van der Waals surface area contributed by atoms with Crippen LogP contribution in [-0.4, -0.2) is 44.3 Å². The van der Waals surface area contributed by atoms with Crippen molar-refractivity contribution >= 4 is 28.5 Å². The Balaban J connectivity index is 1.66. The zero-order valence-electron chi connectivity index (χ0n) is 13.6. The fourth-order valence-corrected chi connectivity index (χ4v) is 3.62. The van der Waals surface area contributed by atoms with Crippen molar-refractivity contribution in [2.75, 3.05) is 18.9 Å². The van der Waals surface area contributed by atoms with Crippen molar-refractivity contribution in [3.05, 3.63) is 47.4 Å². The van der Waals surface area contributed by atoms with Crippen LogP contribution in [0.2, 0.25) is 5.02 Å². The van der Waals surface area contributed by atoms with Crippen molar-refractivity contribution in [3.8, 4) is 0 Å². The van der Waals surface area contributed by atoms with Gasteiger partial charge in [-0.15, -0.1) is 0 Å². The lowest BCUT2D eigenvalue weighted by molar-refractivity contribution is 0.309. The molecule has 3 heterocycles. The highest BCUT2D eigenvalue weighted by atomic mass is 35.5. The molecule has 0 saturated carbocycles. The molecule has 7 heteroatoms. The molecule has 1 aromatic carbocycles. The van der Waals surface area contributed by atoms with E-state index in [2.05, 4.69) is 44.5 Å². The fraction of sp³-hybridized carbons (Fsp3) is 0.353. The van der Waals surface area contributed by atoms with E-state index in [1.165, 1.54) is 5.56 Å². The van der Waals surface area contributed by atoms with Gasteiger partial charge in [0.1, 0.15) is 12.1 Å². The minimum absolute atomic E-state index is 0.273. The van der Waals surface area contributed by atoms with Crippen molar-refractivity contribution in [1.29, 1.82) is 0 Å². The maximum atomic E-state index is 6.03. The van der Waals surface area contributed by atoms with Gasteiger partial charge in [-0.2, -0.15) is 5.10 Å². The number of likely N-dealkylation sites (tertiary alicyclic amines) is 1. The fourth-order valence-electron chi connectivity index (χ4n) is 3.50. The van der Waals surface area contributed by atoms with Crippen LogP contribution in [0.3, 0.4) is 0 Å². The van der Waals surface area contributed by atoms with Crippen LogP contribution in [0.5, 0.6) is 0 Å². The lowest BCUT2D eigenvalue weighted by Crippen LogP contribution is -2.29. The van der Waals surface area contributed by atoms with E-state index in [1.807, 2.05) is 25.4 Å². The van der Waals surface area contributed by atoms with E-state index in [0.717, 1.165) is 34.8 Å². The second-order valence-electron chi connectivity index (χ2n) is 6.24. The third-order valence-corrected chi connectivity index (χ3v) is 4.96. The maximum absolute atomic E-state index is 6.03. The third-order valence-electron chi connectivity index (χ3n) is 4.71. The van der Waals surface area contributed by atoms with Crippen molar-refractivity contribution < 1.29 is 0 Å². The topological polar surface area (TPSA) is 58.9 Å². The third kappa shape index (κ3) is 2.61. The first-order valence-corrected chi connectivity index (χ1v) is 8.36. The minimum atomic E-state index is 0.273. The molecule has 1 N–H and O–H groups in total. The van der Waals surface area contributed by atoms with Crippen molar-refractivity contribution in [2.24, 2.45) is 7.05 Å². The molecule has 6 nitrogen and oxygen atoms in total. The molecule has 1 aliphatic heterocycles. The number of aryl methyl sites for hydroxylation is 1. The summed E-state index contributed by atoms with van der Waals surface area (Å²) >= 11 is 6.03. The molecule has 0 bridgehead atoms. The van der Waals surface area contributed by atoms with E-state index in [4.69, 9.17) is 11.6 Å². The Morgan fingerprint density at radius 2 is 1.96 bits per heavy atom. The molecule has 2 atom stereocenters. The van der Waals surface area contributed by atoms with Gasteiger partial charge in [0.2, 0.25) is 0 Å². The smallest absolute Gasteiger partial charge is 0.163 e. The highest BCUT2D eigenvalue weighted by molar-refractivity contribution is 6.30. The monoisotopic (exact) mass is 342 g/mol. The zero-order valence-corrected chi connectivity index (χ0v) is 14.4. The van der Waals surface area contributed by atoms with E-state index < -0.39 is 0 Å². The summed E-state index contributed by atoms with van der Waals surface area (Å²) in [7, 11) is 4.04. The van der Waals surface area contributed by atoms with E-state index in [0.29, 0.717) is 0 Å². The van der Waals surface area contributed by atoms with Gasteiger partial charge < -0.3 is 5.32 Å². The molecule has 124 valence electrons. The van der Waals surface area contributed by atoms with Gasteiger partial charge in [-0.3, -0.25) is 9.58 Å². The molecule has 1 saturated heterocycles. The molecule has 0 radical (unpaired) electrons. The van der Waals surface area contributed by atoms with Crippen LogP contribution < -0.4 is 5.32 Å². The molecule has 1 aliphatic rings. The molecule has 1 fully saturated rings. The average molecular weight is 343 g/mol. The minimum Gasteiger partial charge on any atom is -0.365 e. The lowest BCUT2D eigenvalue weighted by atomic mass is 10.00. The first-order chi connectivity index (χ1) is 11.6. The number of rotatable bonds is 3. The number of benzene rings is 1. The van der Waals surface area contributed by atoms with Gasteiger partial charge in [0.05, 0.1) is 17.6 Å². The Hall–Kier alpha value is -2.18. The van der Waals surface area contributed by atoms with Crippen LogP contribution >= 0.6 is 11.6 Å². The Kier molecular flexibility index (Phi) is 3.86. The standard InChI is InChI=1S/C17H19ClN6/c1-23-8-7-14(15(23)11-3-5-12(18)6-4-11)22-16-13-9-21-24(2)17(13)20-10-19-16/h3-6,9-10,14-15H,7-8H2,1-2H3,(H,19,20,22)/t14-,15-/m0/s1. The second-order valence-corrected chi connectivity index (χ2v) is 6.68. The predicted octanol–water partition coefficient (Wildman–Crippen LogP) is 2.87. The largest absolute Gasteiger partial charge is 0.365 e. The van der Waals surface area contributed by atoms with Crippen LogP contribution in [0.15, 0.2) is 36.8 Å². The summed E-state index contributed by atoms with van der Waals surface area (Å²) in [6, 6.07) is 8.65. The van der Waals surface area contributed by atoms with Gasteiger partial charge in [-0.1, -0.05) is 23.7 Å². The molecular formula is C17H19ClN6. The van der Waals surface area contributed by atoms with Gasteiger partial charge in [0.25, 0.3) is 0 Å². The summed E-state index contributed by atoms with van der Waals surface area (Å²) in [4.78, 5) is 11.1.